The lowest BCUT2D eigenvalue weighted by Crippen LogP contribution is -3.15. The van der Waals surface area contributed by atoms with E-state index in [0.29, 0.717) is 24.1 Å². The molecule has 1 amide bonds. The Balaban J connectivity index is 1.83. The van der Waals surface area contributed by atoms with E-state index in [2.05, 4.69) is 24.1 Å². The highest BCUT2D eigenvalue weighted by Gasteiger charge is 2.28. The lowest BCUT2D eigenvalue weighted by molar-refractivity contribution is -0.904. The fourth-order valence-electron chi connectivity index (χ4n) is 4.17. The van der Waals surface area contributed by atoms with E-state index in [1.165, 1.54) is 18.4 Å². The van der Waals surface area contributed by atoms with Crippen LogP contribution in [0.5, 0.6) is 0 Å². The number of hydrogen-bond donors (Lipinski definition) is 3. The van der Waals surface area contributed by atoms with Gasteiger partial charge in [0.1, 0.15) is 5.69 Å². The number of ether oxygens (including phenoxy) is 1. The lowest BCUT2D eigenvalue weighted by atomic mass is 9.92. The maximum atomic E-state index is 12.7. The number of carbonyl (C=O) groups is 2. The Morgan fingerprint density at radius 3 is 2.62 bits per heavy atom. The second-order valence-corrected chi connectivity index (χ2v) is 7.74. The van der Waals surface area contributed by atoms with Crippen molar-refractivity contribution >= 4 is 28.5 Å². The molecule has 140 valence electrons. The van der Waals surface area contributed by atoms with Crippen LogP contribution in [-0.4, -0.2) is 43.6 Å². The molecule has 3 N–H and O–H groups in total. The van der Waals surface area contributed by atoms with Crippen molar-refractivity contribution in [2.24, 2.45) is 11.8 Å². The number of methoxy groups -OCH3 is 1. The van der Waals surface area contributed by atoms with Gasteiger partial charge in [0.15, 0.2) is 6.54 Å². The molecule has 2 heterocycles. The number of piperidine rings is 1. The van der Waals surface area contributed by atoms with Crippen molar-refractivity contribution < 1.29 is 19.2 Å². The van der Waals surface area contributed by atoms with Crippen molar-refractivity contribution in [2.45, 2.75) is 27.2 Å². The highest BCUT2D eigenvalue weighted by atomic mass is 16.5. The minimum atomic E-state index is -0.485. The Morgan fingerprint density at radius 1 is 1.27 bits per heavy atom. The van der Waals surface area contributed by atoms with Crippen LogP contribution in [0, 0.1) is 18.8 Å². The molecule has 0 saturated carbocycles. The largest absolute Gasteiger partial charge is 0.464 e. The van der Waals surface area contributed by atoms with E-state index in [9.17, 15) is 9.59 Å². The maximum absolute atomic E-state index is 12.7. The third-order valence-corrected chi connectivity index (χ3v) is 5.10. The second kappa shape index (κ2) is 7.50. The number of aromatic amines is 1. The maximum Gasteiger partial charge on any atom is 0.356 e. The number of quaternary nitrogens is 1. The molecule has 1 unspecified atom stereocenters. The number of aryl methyl sites for hydroxylation is 1. The average molecular weight is 358 g/mol. The van der Waals surface area contributed by atoms with E-state index in [4.69, 9.17) is 4.74 Å². The molecule has 0 spiro atoms. The first-order valence-electron chi connectivity index (χ1n) is 9.21. The highest BCUT2D eigenvalue weighted by molar-refractivity contribution is 6.11. The molecule has 6 heteroatoms. The minimum Gasteiger partial charge on any atom is -0.464 e. The van der Waals surface area contributed by atoms with Crippen LogP contribution in [0.3, 0.4) is 0 Å². The summed E-state index contributed by atoms with van der Waals surface area (Å²) < 4.78 is 4.87. The molecule has 0 aliphatic carbocycles. The predicted molar refractivity (Wildman–Crippen MR) is 102 cm³/mol. The fourth-order valence-corrected chi connectivity index (χ4v) is 4.17. The average Bonchev–Trinajstić information content (AvgIpc) is 2.91. The number of rotatable bonds is 4. The molecule has 1 aromatic heterocycles. The molecule has 1 fully saturated rings. The molecule has 26 heavy (non-hydrogen) atoms. The summed E-state index contributed by atoms with van der Waals surface area (Å²) in [7, 11) is 1.34. The van der Waals surface area contributed by atoms with Crippen molar-refractivity contribution in [3.63, 3.8) is 0 Å². The number of aromatic nitrogens is 1. The van der Waals surface area contributed by atoms with Crippen LogP contribution in [0.2, 0.25) is 0 Å². The number of carbonyl (C=O) groups excluding carboxylic acids is 2. The fraction of sp³-hybridized carbons (Fsp3) is 0.500. The molecule has 6 nitrogen and oxygen atoms in total. The quantitative estimate of drug-likeness (QED) is 0.729. The molecular formula is C20H28N3O3+. The van der Waals surface area contributed by atoms with Gasteiger partial charge in [0, 0.05) is 22.7 Å². The van der Waals surface area contributed by atoms with E-state index in [1.807, 2.05) is 25.1 Å². The van der Waals surface area contributed by atoms with Crippen molar-refractivity contribution in [3.05, 3.63) is 29.5 Å². The molecule has 1 aliphatic heterocycles. The number of likely N-dealkylation sites (tertiary alicyclic amines) is 1. The van der Waals surface area contributed by atoms with Gasteiger partial charge in [0.2, 0.25) is 0 Å². The van der Waals surface area contributed by atoms with Crippen molar-refractivity contribution in [2.75, 3.05) is 32.1 Å². The Hall–Kier alpha value is -2.34. The highest BCUT2D eigenvalue weighted by Crippen LogP contribution is 2.29. The number of esters is 1. The number of hydrogen-bond acceptors (Lipinski definition) is 3. The third kappa shape index (κ3) is 3.90. The van der Waals surface area contributed by atoms with Crippen LogP contribution >= 0.6 is 0 Å². The first kappa shape index (κ1) is 18.5. The summed E-state index contributed by atoms with van der Waals surface area (Å²) in [4.78, 5) is 29.2. The van der Waals surface area contributed by atoms with E-state index < -0.39 is 5.97 Å². The van der Waals surface area contributed by atoms with Gasteiger partial charge in [-0.05, 0) is 25.5 Å². The first-order valence-corrected chi connectivity index (χ1v) is 9.21. The third-order valence-electron chi connectivity index (χ3n) is 5.10. The minimum absolute atomic E-state index is 0.0751. The molecule has 2 aromatic rings. The standard InChI is InChI=1S/C20H27N3O3/c1-12-5-6-16-15(8-12)18(19(21-16)20(25)26-4)22-17(24)11-23-9-13(2)7-14(3)10-23/h5-6,8,13-14,21H,7,9-11H2,1-4H3,(H,22,24)/p+1/t13-,14+. The summed E-state index contributed by atoms with van der Waals surface area (Å²) >= 11 is 0. The number of fused-ring (bicyclic) bond motifs is 1. The molecule has 1 aromatic carbocycles. The number of anilines is 1. The summed E-state index contributed by atoms with van der Waals surface area (Å²) in [5.41, 5.74) is 2.67. The van der Waals surface area contributed by atoms with Gasteiger partial charge < -0.3 is 19.9 Å². The normalized spacial score (nSPS) is 23.0. The van der Waals surface area contributed by atoms with Crippen molar-refractivity contribution in [3.8, 4) is 0 Å². The van der Waals surface area contributed by atoms with E-state index in [-0.39, 0.29) is 11.6 Å². The Kier molecular flexibility index (Phi) is 5.32. The van der Waals surface area contributed by atoms with Crippen LogP contribution in [0.4, 0.5) is 5.69 Å². The van der Waals surface area contributed by atoms with Gasteiger partial charge in [-0.25, -0.2) is 4.79 Å². The summed E-state index contributed by atoms with van der Waals surface area (Å²) in [6.45, 7) is 8.89. The van der Waals surface area contributed by atoms with E-state index in [0.717, 1.165) is 29.6 Å². The number of amides is 1. The SMILES string of the molecule is COC(=O)c1[nH]c2ccc(C)cc2c1NC(=O)C[NH+]1C[C@H](C)C[C@H](C)C1. The van der Waals surface area contributed by atoms with Crippen molar-refractivity contribution in [1.29, 1.82) is 0 Å². The molecule has 0 radical (unpaired) electrons. The zero-order valence-electron chi connectivity index (χ0n) is 15.9. The monoisotopic (exact) mass is 358 g/mol. The summed E-state index contributed by atoms with van der Waals surface area (Å²) in [5.74, 6) is 0.696. The van der Waals surface area contributed by atoms with Gasteiger partial charge in [0.05, 0.1) is 25.9 Å². The van der Waals surface area contributed by atoms with Gasteiger partial charge in [-0.15, -0.1) is 0 Å². The molecular weight excluding hydrogens is 330 g/mol. The van der Waals surface area contributed by atoms with Crippen LogP contribution in [-0.2, 0) is 9.53 Å². The Labute approximate surface area is 153 Å². The van der Waals surface area contributed by atoms with Crippen LogP contribution < -0.4 is 10.2 Å². The van der Waals surface area contributed by atoms with Crippen molar-refractivity contribution in [1.82, 2.24) is 4.98 Å². The zero-order valence-corrected chi connectivity index (χ0v) is 15.9. The Morgan fingerprint density at radius 2 is 1.96 bits per heavy atom. The molecule has 3 rings (SSSR count). The molecule has 3 atom stereocenters. The first-order chi connectivity index (χ1) is 12.4. The predicted octanol–water partition coefficient (Wildman–Crippen LogP) is 1.76. The van der Waals surface area contributed by atoms with E-state index >= 15 is 0 Å². The number of H-pyrrole nitrogens is 1. The summed E-state index contributed by atoms with van der Waals surface area (Å²) in [6.07, 6.45) is 1.22. The van der Waals surface area contributed by atoms with E-state index in [1.54, 1.807) is 0 Å². The smallest absolute Gasteiger partial charge is 0.356 e. The zero-order chi connectivity index (χ0) is 18.8. The lowest BCUT2D eigenvalue weighted by Gasteiger charge is -2.31. The summed E-state index contributed by atoms with van der Waals surface area (Å²) in [5, 5.41) is 3.79. The van der Waals surface area contributed by atoms with Gasteiger partial charge in [-0.3, -0.25) is 4.79 Å². The van der Waals surface area contributed by atoms with Crippen LogP contribution in [0.15, 0.2) is 18.2 Å². The van der Waals surface area contributed by atoms with Crippen LogP contribution in [0.1, 0.15) is 36.3 Å². The van der Waals surface area contributed by atoms with Crippen LogP contribution in [0.25, 0.3) is 10.9 Å². The molecule has 0 bridgehead atoms. The number of benzene rings is 1. The van der Waals surface area contributed by atoms with Gasteiger partial charge in [-0.1, -0.05) is 25.5 Å². The molecule has 1 aliphatic rings. The second-order valence-electron chi connectivity index (χ2n) is 7.74. The topological polar surface area (TPSA) is 75.6 Å². The molecule has 1 saturated heterocycles. The van der Waals surface area contributed by atoms with Gasteiger partial charge in [-0.2, -0.15) is 0 Å². The summed E-state index contributed by atoms with van der Waals surface area (Å²) in [6, 6.07) is 5.84. The number of nitrogens with one attached hydrogen (secondary N) is 3. The Bertz CT molecular complexity index is 817. The van der Waals surface area contributed by atoms with Gasteiger partial charge in [0.25, 0.3) is 5.91 Å². The van der Waals surface area contributed by atoms with Gasteiger partial charge >= 0.3 is 5.97 Å².